The maximum atomic E-state index is 13.3. The molecule has 0 aromatic heterocycles. The smallest absolute Gasteiger partial charge is 0.239 e. The minimum atomic E-state index is -0.293. The van der Waals surface area contributed by atoms with Gasteiger partial charge in [-0.25, -0.2) is 4.39 Å². The second kappa shape index (κ2) is 7.24. The third-order valence-electron chi connectivity index (χ3n) is 3.42. The van der Waals surface area contributed by atoms with Crippen molar-refractivity contribution in [1.29, 1.82) is 0 Å². The summed E-state index contributed by atoms with van der Waals surface area (Å²) in [6.07, 6.45) is 3.19. The van der Waals surface area contributed by atoms with Crippen LogP contribution in [0, 0.1) is 11.7 Å². The lowest BCUT2D eigenvalue weighted by Gasteiger charge is -2.24. The first-order valence-corrected chi connectivity index (χ1v) is 7.16. The third-order valence-corrected chi connectivity index (χ3v) is 3.42. The van der Waals surface area contributed by atoms with Gasteiger partial charge in [0, 0.05) is 18.8 Å². The van der Waals surface area contributed by atoms with Crippen LogP contribution in [0.1, 0.15) is 19.3 Å². The predicted molar refractivity (Wildman–Crippen MR) is 78.0 cm³/mol. The molecule has 1 aromatic rings. The Bertz CT molecular complexity index is 448. The fourth-order valence-corrected chi connectivity index (χ4v) is 2.06. The zero-order valence-corrected chi connectivity index (χ0v) is 11.6. The van der Waals surface area contributed by atoms with Gasteiger partial charge in [-0.1, -0.05) is 6.07 Å². The molecule has 0 spiro atoms. The molecule has 5 heteroatoms. The molecule has 0 bridgehead atoms. The van der Waals surface area contributed by atoms with Gasteiger partial charge < -0.3 is 16.0 Å². The van der Waals surface area contributed by atoms with Crippen LogP contribution >= 0.6 is 0 Å². The van der Waals surface area contributed by atoms with E-state index >= 15 is 0 Å². The normalized spacial score (nSPS) is 14.1. The van der Waals surface area contributed by atoms with Crippen molar-refractivity contribution in [1.82, 2.24) is 5.32 Å². The van der Waals surface area contributed by atoms with Gasteiger partial charge >= 0.3 is 0 Å². The zero-order valence-electron chi connectivity index (χ0n) is 11.6. The molecule has 20 heavy (non-hydrogen) atoms. The van der Waals surface area contributed by atoms with Gasteiger partial charge in [0.25, 0.3) is 0 Å². The average molecular weight is 279 g/mol. The molecule has 110 valence electrons. The van der Waals surface area contributed by atoms with E-state index in [1.54, 1.807) is 6.07 Å². The number of nitrogens with one attached hydrogen (secondary N) is 1. The number of nitrogens with two attached hydrogens (primary N) is 1. The van der Waals surface area contributed by atoms with E-state index in [1.165, 1.54) is 25.0 Å². The van der Waals surface area contributed by atoms with E-state index in [-0.39, 0.29) is 18.3 Å². The van der Waals surface area contributed by atoms with Gasteiger partial charge in [0.1, 0.15) is 5.82 Å². The number of halogens is 1. The molecule has 1 aliphatic rings. The van der Waals surface area contributed by atoms with Crippen molar-refractivity contribution < 1.29 is 9.18 Å². The van der Waals surface area contributed by atoms with E-state index in [2.05, 4.69) is 5.32 Å². The highest BCUT2D eigenvalue weighted by atomic mass is 19.1. The summed E-state index contributed by atoms with van der Waals surface area (Å²) in [4.78, 5) is 13.8. The molecule has 0 radical (unpaired) electrons. The van der Waals surface area contributed by atoms with Crippen molar-refractivity contribution in [2.45, 2.75) is 19.3 Å². The van der Waals surface area contributed by atoms with E-state index in [4.69, 9.17) is 5.73 Å². The van der Waals surface area contributed by atoms with Gasteiger partial charge in [0.05, 0.1) is 6.54 Å². The first kappa shape index (κ1) is 14.8. The second-order valence-corrected chi connectivity index (χ2v) is 5.29. The number of hydrogen-bond acceptors (Lipinski definition) is 3. The molecule has 1 fully saturated rings. The zero-order chi connectivity index (χ0) is 14.4. The minimum Gasteiger partial charge on any atom is -0.362 e. The largest absolute Gasteiger partial charge is 0.362 e. The van der Waals surface area contributed by atoms with Crippen molar-refractivity contribution in [3.8, 4) is 0 Å². The number of amides is 1. The summed E-state index contributed by atoms with van der Waals surface area (Å²) in [7, 11) is 0. The van der Waals surface area contributed by atoms with Crippen molar-refractivity contribution >= 4 is 11.6 Å². The second-order valence-electron chi connectivity index (χ2n) is 5.29. The topological polar surface area (TPSA) is 58.4 Å². The van der Waals surface area contributed by atoms with Crippen LogP contribution in [-0.4, -0.2) is 32.1 Å². The number of rotatable bonds is 8. The van der Waals surface area contributed by atoms with Crippen LogP contribution in [0.3, 0.4) is 0 Å². The highest BCUT2D eigenvalue weighted by molar-refractivity contribution is 5.81. The molecule has 0 atom stereocenters. The summed E-state index contributed by atoms with van der Waals surface area (Å²) in [6.45, 7) is 2.20. The lowest BCUT2D eigenvalue weighted by molar-refractivity contribution is -0.119. The van der Waals surface area contributed by atoms with Crippen molar-refractivity contribution in [3.63, 3.8) is 0 Å². The van der Waals surface area contributed by atoms with E-state index in [0.717, 1.165) is 18.7 Å². The SMILES string of the molecule is NCCCN(CC(=O)NCC1CC1)c1cccc(F)c1. The molecule has 0 heterocycles. The molecule has 0 aliphatic heterocycles. The molecule has 1 aromatic carbocycles. The summed E-state index contributed by atoms with van der Waals surface area (Å²) < 4.78 is 13.3. The monoisotopic (exact) mass is 279 g/mol. The Labute approximate surface area is 119 Å². The number of benzene rings is 1. The maximum absolute atomic E-state index is 13.3. The van der Waals surface area contributed by atoms with Gasteiger partial charge in [0.2, 0.25) is 5.91 Å². The van der Waals surface area contributed by atoms with E-state index in [1.807, 2.05) is 11.0 Å². The maximum Gasteiger partial charge on any atom is 0.239 e. The lowest BCUT2D eigenvalue weighted by atomic mass is 10.2. The molecule has 1 amide bonds. The van der Waals surface area contributed by atoms with Gasteiger partial charge in [-0.3, -0.25) is 4.79 Å². The third kappa shape index (κ3) is 4.81. The Morgan fingerprint density at radius 2 is 2.25 bits per heavy atom. The summed E-state index contributed by atoms with van der Waals surface area (Å²) in [5.41, 5.74) is 6.24. The summed E-state index contributed by atoms with van der Waals surface area (Å²) in [5.74, 6) is 0.349. The van der Waals surface area contributed by atoms with Crippen LogP contribution in [0.15, 0.2) is 24.3 Å². The Kier molecular flexibility index (Phi) is 5.35. The number of carbonyl (C=O) groups excluding carboxylic acids is 1. The number of hydrogen-bond donors (Lipinski definition) is 2. The van der Waals surface area contributed by atoms with E-state index < -0.39 is 0 Å². The molecule has 2 rings (SSSR count). The molecular weight excluding hydrogens is 257 g/mol. The fraction of sp³-hybridized carbons (Fsp3) is 0.533. The van der Waals surface area contributed by atoms with Crippen molar-refractivity contribution in [2.24, 2.45) is 11.7 Å². The predicted octanol–water partition coefficient (Wildman–Crippen LogP) is 1.51. The van der Waals surface area contributed by atoms with Crippen LogP contribution in [0.25, 0.3) is 0 Å². The van der Waals surface area contributed by atoms with Crippen LogP contribution in [-0.2, 0) is 4.79 Å². The quantitative estimate of drug-likeness (QED) is 0.758. The first-order chi connectivity index (χ1) is 9.69. The molecular formula is C15H22FN3O. The van der Waals surface area contributed by atoms with Gasteiger partial charge in [0.15, 0.2) is 0 Å². The number of anilines is 1. The van der Waals surface area contributed by atoms with Crippen LogP contribution < -0.4 is 16.0 Å². The summed E-state index contributed by atoms with van der Waals surface area (Å²) >= 11 is 0. The van der Waals surface area contributed by atoms with Gasteiger partial charge in [-0.15, -0.1) is 0 Å². The minimum absolute atomic E-state index is 0.0156. The first-order valence-electron chi connectivity index (χ1n) is 7.16. The highest BCUT2D eigenvalue weighted by Crippen LogP contribution is 2.27. The highest BCUT2D eigenvalue weighted by Gasteiger charge is 2.22. The van der Waals surface area contributed by atoms with Gasteiger partial charge in [-0.05, 0) is 49.9 Å². The van der Waals surface area contributed by atoms with Crippen molar-refractivity contribution in [3.05, 3.63) is 30.1 Å². The lowest BCUT2D eigenvalue weighted by Crippen LogP contribution is -2.39. The summed E-state index contributed by atoms with van der Waals surface area (Å²) in [6, 6.07) is 6.32. The molecule has 1 aliphatic carbocycles. The summed E-state index contributed by atoms with van der Waals surface area (Å²) in [5, 5.41) is 2.93. The Balaban J connectivity index is 1.92. The molecule has 4 nitrogen and oxygen atoms in total. The van der Waals surface area contributed by atoms with E-state index in [9.17, 15) is 9.18 Å². The molecule has 0 unspecified atom stereocenters. The van der Waals surface area contributed by atoms with Crippen LogP contribution in [0.4, 0.5) is 10.1 Å². The van der Waals surface area contributed by atoms with Crippen LogP contribution in [0.2, 0.25) is 0 Å². The van der Waals surface area contributed by atoms with Crippen molar-refractivity contribution in [2.75, 3.05) is 31.1 Å². The standard InChI is InChI=1S/C15H22FN3O/c16-13-3-1-4-14(9-13)19(8-2-7-17)11-15(20)18-10-12-5-6-12/h1,3-4,9,12H,2,5-8,10-11,17H2,(H,18,20). The Morgan fingerprint density at radius 1 is 1.45 bits per heavy atom. The molecule has 0 saturated heterocycles. The Morgan fingerprint density at radius 3 is 2.90 bits per heavy atom. The molecule has 1 saturated carbocycles. The van der Waals surface area contributed by atoms with Crippen LogP contribution in [0.5, 0.6) is 0 Å². The Hall–Kier alpha value is -1.62. The number of carbonyl (C=O) groups is 1. The molecule has 3 N–H and O–H groups in total. The van der Waals surface area contributed by atoms with E-state index in [0.29, 0.717) is 19.0 Å². The van der Waals surface area contributed by atoms with Gasteiger partial charge in [-0.2, -0.15) is 0 Å². The number of nitrogens with zero attached hydrogens (tertiary/aromatic N) is 1. The average Bonchev–Trinajstić information content (AvgIpc) is 3.25. The fourth-order valence-electron chi connectivity index (χ4n) is 2.06.